The van der Waals surface area contributed by atoms with Gasteiger partial charge in [0.25, 0.3) is 0 Å². The van der Waals surface area contributed by atoms with Gasteiger partial charge >= 0.3 is 0 Å². The molecular formula is C20H34N2O. The molecule has 0 heterocycles. The van der Waals surface area contributed by atoms with Crippen molar-refractivity contribution in [1.82, 2.24) is 4.90 Å². The van der Waals surface area contributed by atoms with Gasteiger partial charge in [-0.05, 0) is 62.9 Å². The molecule has 1 aromatic carbocycles. The number of ether oxygens (including phenoxy) is 1. The monoisotopic (exact) mass is 318 g/mol. The number of anilines is 1. The quantitative estimate of drug-likeness (QED) is 0.847. The number of hydrogen-bond donors (Lipinski definition) is 1. The Morgan fingerprint density at radius 2 is 1.65 bits per heavy atom. The lowest BCUT2D eigenvalue weighted by molar-refractivity contribution is 0.0196. The highest BCUT2D eigenvalue weighted by Gasteiger charge is 2.21. The van der Waals surface area contributed by atoms with Crippen LogP contribution >= 0.6 is 0 Å². The van der Waals surface area contributed by atoms with E-state index in [1.54, 1.807) is 0 Å². The molecular weight excluding hydrogens is 284 g/mol. The van der Waals surface area contributed by atoms with Crippen molar-refractivity contribution in [3.63, 3.8) is 0 Å². The molecule has 0 unspecified atom stereocenters. The molecule has 2 rings (SSSR count). The lowest BCUT2D eigenvalue weighted by Gasteiger charge is -2.30. The molecule has 0 aromatic heterocycles. The van der Waals surface area contributed by atoms with E-state index in [1.165, 1.54) is 36.9 Å². The van der Waals surface area contributed by atoms with Crippen LogP contribution in [0.4, 0.5) is 5.69 Å². The standard InChI is InChI=1S/C20H34N2O/c1-20(2,3)16-6-8-17(9-7-16)21-18-10-12-19(13-11-18)23-15-14-22(4)5/h6-9,18-19,21H,10-15H2,1-5H3. The van der Waals surface area contributed by atoms with Gasteiger partial charge < -0.3 is 15.0 Å². The van der Waals surface area contributed by atoms with E-state index in [0.717, 1.165) is 13.2 Å². The lowest BCUT2D eigenvalue weighted by atomic mass is 9.87. The average Bonchev–Trinajstić information content (AvgIpc) is 2.48. The zero-order valence-corrected chi connectivity index (χ0v) is 15.6. The Morgan fingerprint density at radius 1 is 1.04 bits per heavy atom. The molecule has 3 nitrogen and oxygen atoms in total. The van der Waals surface area contributed by atoms with Crippen molar-refractivity contribution < 1.29 is 4.74 Å². The van der Waals surface area contributed by atoms with Crippen molar-refractivity contribution in [2.24, 2.45) is 0 Å². The molecule has 130 valence electrons. The highest BCUT2D eigenvalue weighted by Crippen LogP contribution is 2.26. The summed E-state index contributed by atoms with van der Waals surface area (Å²) in [6, 6.07) is 9.53. The molecule has 3 heteroatoms. The summed E-state index contributed by atoms with van der Waals surface area (Å²) in [4.78, 5) is 2.18. The number of benzene rings is 1. The molecule has 1 fully saturated rings. The number of hydrogen-bond acceptors (Lipinski definition) is 3. The van der Waals surface area contributed by atoms with Crippen molar-refractivity contribution in [3.8, 4) is 0 Å². The highest BCUT2D eigenvalue weighted by molar-refractivity contribution is 5.46. The van der Waals surface area contributed by atoms with Crippen LogP contribution in [0.2, 0.25) is 0 Å². The first-order valence-electron chi connectivity index (χ1n) is 8.98. The Bertz CT molecular complexity index is 454. The summed E-state index contributed by atoms with van der Waals surface area (Å²) in [6.07, 6.45) is 5.20. The van der Waals surface area contributed by atoms with Crippen LogP contribution in [-0.4, -0.2) is 44.3 Å². The van der Waals surface area contributed by atoms with Crippen LogP contribution < -0.4 is 5.32 Å². The van der Waals surface area contributed by atoms with Crippen molar-refractivity contribution in [1.29, 1.82) is 0 Å². The molecule has 23 heavy (non-hydrogen) atoms. The van der Waals surface area contributed by atoms with Crippen LogP contribution in [0.1, 0.15) is 52.0 Å². The topological polar surface area (TPSA) is 24.5 Å². The molecule has 1 N–H and O–H groups in total. The molecule has 1 aliphatic carbocycles. The molecule has 1 aliphatic rings. The van der Waals surface area contributed by atoms with E-state index in [1.807, 2.05) is 0 Å². The predicted octanol–water partition coefficient (Wildman–Crippen LogP) is 4.29. The van der Waals surface area contributed by atoms with E-state index < -0.39 is 0 Å². The summed E-state index contributed by atoms with van der Waals surface area (Å²) in [6.45, 7) is 8.63. The lowest BCUT2D eigenvalue weighted by Crippen LogP contribution is -2.31. The smallest absolute Gasteiger partial charge is 0.0596 e. The Kier molecular flexibility index (Phi) is 6.49. The Morgan fingerprint density at radius 3 is 2.17 bits per heavy atom. The molecule has 0 saturated heterocycles. The molecule has 1 saturated carbocycles. The zero-order valence-electron chi connectivity index (χ0n) is 15.6. The first-order chi connectivity index (χ1) is 10.8. The van der Waals surface area contributed by atoms with Crippen molar-refractivity contribution in [2.75, 3.05) is 32.6 Å². The third-order valence-corrected chi connectivity index (χ3v) is 4.69. The summed E-state index contributed by atoms with van der Waals surface area (Å²) >= 11 is 0. The Hall–Kier alpha value is -1.06. The minimum atomic E-state index is 0.223. The first kappa shape index (κ1) is 18.3. The van der Waals surface area contributed by atoms with E-state index in [2.05, 4.69) is 69.3 Å². The van der Waals surface area contributed by atoms with Crippen LogP contribution in [0.5, 0.6) is 0 Å². The summed E-state index contributed by atoms with van der Waals surface area (Å²) in [7, 11) is 4.18. The van der Waals surface area contributed by atoms with Crippen molar-refractivity contribution >= 4 is 5.69 Å². The van der Waals surface area contributed by atoms with Crippen LogP contribution in [0.3, 0.4) is 0 Å². The van der Waals surface area contributed by atoms with Crippen LogP contribution in [0, 0.1) is 0 Å². The largest absolute Gasteiger partial charge is 0.382 e. The molecule has 0 radical (unpaired) electrons. The fourth-order valence-corrected chi connectivity index (χ4v) is 3.08. The van der Waals surface area contributed by atoms with Crippen LogP contribution in [0.25, 0.3) is 0 Å². The third kappa shape index (κ3) is 6.15. The van der Waals surface area contributed by atoms with Gasteiger partial charge in [0.2, 0.25) is 0 Å². The van der Waals surface area contributed by atoms with Gasteiger partial charge in [0.05, 0.1) is 12.7 Å². The molecule has 0 aliphatic heterocycles. The predicted molar refractivity (Wildman–Crippen MR) is 99.3 cm³/mol. The van der Waals surface area contributed by atoms with Crippen LogP contribution in [0.15, 0.2) is 24.3 Å². The van der Waals surface area contributed by atoms with E-state index in [-0.39, 0.29) is 5.41 Å². The molecule has 0 amide bonds. The van der Waals surface area contributed by atoms with Gasteiger partial charge in [-0.25, -0.2) is 0 Å². The van der Waals surface area contributed by atoms with Crippen molar-refractivity contribution in [3.05, 3.63) is 29.8 Å². The highest BCUT2D eigenvalue weighted by atomic mass is 16.5. The van der Waals surface area contributed by atoms with Gasteiger partial charge in [0.15, 0.2) is 0 Å². The summed E-state index contributed by atoms with van der Waals surface area (Å²) in [5.41, 5.74) is 2.86. The molecule has 0 bridgehead atoms. The maximum atomic E-state index is 5.98. The summed E-state index contributed by atoms with van der Waals surface area (Å²) in [5.74, 6) is 0. The molecule has 1 aromatic rings. The normalized spacial score (nSPS) is 22.3. The second-order valence-corrected chi connectivity index (χ2v) is 8.12. The minimum absolute atomic E-state index is 0.223. The fourth-order valence-electron chi connectivity index (χ4n) is 3.08. The van der Waals surface area contributed by atoms with Crippen LogP contribution in [-0.2, 0) is 10.2 Å². The van der Waals surface area contributed by atoms with Gasteiger partial charge in [0.1, 0.15) is 0 Å². The second-order valence-electron chi connectivity index (χ2n) is 8.12. The number of likely N-dealkylation sites (N-methyl/N-ethyl adjacent to an activating group) is 1. The second kappa shape index (κ2) is 8.16. The Balaban J connectivity index is 1.74. The van der Waals surface area contributed by atoms with Gasteiger partial charge in [-0.2, -0.15) is 0 Å². The Labute approximate surface area is 142 Å². The number of nitrogens with zero attached hydrogens (tertiary/aromatic N) is 1. The SMILES string of the molecule is CN(C)CCOC1CCC(Nc2ccc(C(C)(C)C)cc2)CC1. The molecule has 0 atom stereocenters. The first-order valence-corrected chi connectivity index (χ1v) is 8.98. The van der Waals surface area contributed by atoms with E-state index in [9.17, 15) is 0 Å². The van der Waals surface area contributed by atoms with Gasteiger partial charge in [-0.1, -0.05) is 32.9 Å². The summed E-state index contributed by atoms with van der Waals surface area (Å²) in [5, 5.41) is 3.69. The van der Waals surface area contributed by atoms with E-state index in [4.69, 9.17) is 4.74 Å². The minimum Gasteiger partial charge on any atom is -0.382 e. The summed E-state index contributed by atoms with van der Waals surface area (Å²) < 4.78 is 5.98. The number of nitrogens with one attached hydrogen (secondary N) is 1. The third-order valence-electron chi connectivity index (χ3n) is 4.69. The zero-order chi connectivity index (χ0) is 16.9. The number of rotatable bonds is 6. The maximum absolute atomic E-state index is 5.98. The van der Waals surface area contributed by atoms with Gasteiger partial charge in [-0.15, -0.1) is 0 Å². The van der Waals surface area contributed by atoms with Crippen molar-refractivity contribution in [2.45, 2.75) is 64.0 Å². The van der Waals surface area contributed by atoms with E-state index >= 15 is 0 Å². The average molecular weight is 319 g/mol. The fraction of sp³-hybridized carbons (Fsp3) is 0.700. The van der Waals surface area contributed by atoms with Gasteiger partial charge in [0, 0.05) is 18.3 Å². The molecule has 0 spiro atoms. The van der Waals surface area contributed by atoms with E-state index in [0.29, 0.717) is 12.1 Å². The maximum Gasteiger partial charge on any atom is 0.0596 e. The van der Waals surface area contributed by atoms with Gasteiger partial charge in [-0.3, -0.25) is 0 Å².